The quantitative estimate of drug-likeness (QED) is 0.611. The van der Waals surface area contributed by atoms with Crippen LogP contribution in [0.3, 0.4) is 0 Å². The summed E-state index contributed by atoms with van der Waals surface area (Å²) in [4.78, 5) is 21.4. The Morgan fingerprint density at radius 2 is 2.16 bits per heavy atom. The Morgan fingerprint density at radius 1 is 1.36 bits per heavy atom. The van der Waals surface area contributed by atoms with Crippen LogP contribution in [0.1, 0.15) is 19.8 Å². The summed E-state index contributed by atoms with van der Waals surface area (Å²) in [6.07, 6.45) is 3.41. The van der Waals surface area contributed by atoms with E-state index in [0.29, 0.717) is 22.4 Å². The smallest absolute Gasteiger partial charge is 0.350 e. The van der Waals surface area contributed by atoms with E-state index in [1.807, 2.05) is 4.90 Å². The molecule has 1 fully saturated rings. The number of nitrogens with zero attached hydrogens (tertiary/aromatic N) is 4. The molecule has 1 aliphatic rings. The molecule has 0 saturated carbocycles. The molecule has 1 aromatic carbocycles. The molecule has 1 aliphatic heterocycles. The molecule has 1 N–H and O–H groups in total. The summed E-state index contributed by atoms with van der Waals surface area (Å²) in [5.41, 5.74) is 0.293. The monoisotopic (exact) mass is 381 g/mol. The number of hydrogen-bond donors (Lipinski definition) is 1. The lowest BCUT2D eigenvalue weighted by atomic mass is 10.0. The zero-order valence-corrected chi connectivity index (χ0v) is 15.1. The number of nitrogens with one attached hydrogen (secondary N) is 1. The minimum Gasteiger partial charge on any atom is -0.350 e. The van der Waals surface area contributed by atoms with Crippen molar-refractivity contribution in [3.63, 3.8) is 0 Å². The fraction of sp³-hybridized carbons (Fsp3) is 0.375. The maximum atomic E-state index is 11.7. The standard InChI is InChI=1S/C16H17Cl2N5O2/c1-10-4-3-7-22(8-10)16-14(23(24)25)15(19-9-20-16)21-12-6-2-5-11(17)13(12)18/h2,5-6,9-10H,3-4,7-8H2,1H3,(H,19,20,21). The number of anilines is 3. The third-order valence-corrected chi connectivity index (χ3v) is 4.97. The van der Waals surface area contributed by atoms with Crippen molar-refractivity contribution in [1.29, 1.82) is 0 Å². The fourth-order valence-electron chi connectivity index (χ4n) is 2.97. The van der Waals surface area contributed by atoms with Crippen LogP contribution in [-0.2, 0) is 0 Å². The largest absolute Gasteiger partial charge is 0.353 e. The van der Waals surface area contributed by atoms with Gasteiger partial charge in [-0.3, -0.25) is 10.1 Å². The van der Waals surface area contributed by atoms with Crippen molar-refractivity contribution in [2.75, 3.05) is 23.3 Å². The van der Waals surface area contributed by atoms with Gasteiger partial charge >= 0.3 is 5.69 Å². The van der Waals surface area contributed by atoms with Crippen LogP contribution in [0.2, 0.25) is 10.0 Å². The Bertz CT molecular complexity index is 802. The van der Waals surface area contributed by atoms with Gasteiger partial charge in [-0.25, -0.2) is 9.97 Å². The molecule has 25 heavy (non-hydrogen) atoms. The van der Waals surface area contributed by atoms with E-state index in [4.69, 9.17) is 23.2 Å². The van der Waals surface area contributed by atoms with Crippen molar-refractivity contribution in [2.45, 2.75) is 19.8 Å². The maximum Gasteiger partial charge on any atom is 0.353 e. The summed E-state index contributed by atoms with van der Waals surface area (Å²) < 4.78 is 0. The lowest BCUT2D eigenvalue weighted by molar-refractivity contribution is -0.383. The van der Waals surface area contributed by atoms with E-state index < -0.39 is 4.92 Å². The van der Waals surface area contributed by atoms with Gasteiger partial charge in [-0.05, 0) is 30.9 Å². The lowest BCUT2D eigenvalue weighted by Gasteiger charge is -2.31. The zero-order valence-electron chi connectivity index (χ0n) is 13.6. The second-order valence-electron chi connectivity index (χ2n) is 6.07. The van der Waals surface area contributed by atoms with Crippen LogP contribution in [0.15, 0.2) is 24.5 Å². The number of rotatable bonds is 4. The molecule has 2 heterocycles. The Hall–Kier alpha value is -2.12. The van der Waals surface area contributed by atoms with E-state index in [0.717, 1.165) is 25.9 Å². The van der Waals surface area contributed by atoms with Gasteiger partial charge in [-0.1, -0.05) is 36.2 Å². The van der Waals surface area contributed by atoms with Crippen molar-refractivity contribution in [2.24, 2.45) is 5.92 Å². The first-order chi connectivity index (χ1) is 12.0. The molecule has 0 amide bonds. The Balaban J connectivity index is 2.01. The minimum absolute atomic E-state index is 0.0948. The molecule has 1 unspecified atom stereocenters. The highest BCUT2D eigenvalue weighted by Crippen LogP contribution is 2.38. The van der Waals surface area contributed by atoms with Crippen LogP contribution in [-0.4, -0.2) is 28.0 Å². The lowest BCUT2D eigenvalue weighted by Crippen LogP contribution is -2.35. The maximum absolute atomic E-state index is 11.7. The van der Waals surface area contributed by atoms with Crippen molar-refractivity contribution >= 4 is 46.2 Å². The van der Waals surface area contributed by atoms with E-state index >= 15 is 0 Å². The molecule has 1 atom stereocenters. The van der Waals surface area contributed by atoms with Crippen LogP contribution in [0.5, 0.6) is 0 Å². The molecule has 1 saturated heterocycles. The first-order valence-corrected chi connectivity index (χ1v) is 8.68. The van der Waals surface area contributed by atoms with Gasteiger partial charge < -0.3 is 10.2 Å². The van der Waals surface area contributed by atoms with Gasteiger partial charge in [0.15, 0.2) is 0 Å². The highest BCUT2D eigenvalue weighted by molar-refractivity contribution is 6.43. The average molecular weight is 382 g/mol. The molecular weight excluding hydrogens is 365 g/mol. The van der Waals surface area contributed by atoms with Crippen LogP contribution < -0.4 is 10.2 Å². The molecule has 9 heteroatoms. The van der Waals surface area contributed by atoms with E-state index in [9.17, 15) is 10.1 Å². The van der Waals surface area contributed by atoms with E-state index in [1.165, 1.54) is 6.33 Å². The molecule has 3 rings (SSSR count). The first kappa shape index (κ1) is 17.7. The van der Waals surface area contributed by atoms with Crippen LogP contribution in [0, 0.1) is 16.0 Å². The van der Waals surface area contributed by atoms with Gasteiger partial charge in [0.1, 0.15) is 6.33 Å². The third-order valence-electron chi connectivity index (χ3n) is 4.15. The van der Waals surface area contributed by atoms with Crippen molar-refractivity contribution in [1.82, 2.24) is 9.97 Å². The van der Waals surface area contributed by atoms with Gasteiger partial charge in [-0.15, -0.1) is 0 Å². The van der Waals surface area contributed by atoms with Crippen LogP contribution in [0.25, 0.3) is 0 Å². The van der Waals surface area contributed by atoms with Crippen molar-refractivity contribution in [3.8, 4) is 0 Å². The molecule has 2 aromatic rings. The average Bonchev–Trinajstić information content (AvgIpc) is 2.58. The van der Waals surface area contributed by atoms with E-state index in [-0.39, 0.29) is 16.5 Å². The Morgan fingerprint density at radius 3 is 2.88 bits per heavy atom. The number of hydrogen-bond acceptors (Lipinski definition) is 6. The molecule has 0 spiro atoms. The second-order valence-corrected chi connectivity index (χ2v) is 6.86. The number of benzene rings is 1. The van der Waals surface area contributed by atoms with E-state index in [2.05, 4.69) is 22.2 Å². The van der Waals surface area contributed by atoms with Crippen molar-refractivity contribution < 1.29 is 4.92 Å². The molecule has 0 bridgehead atoms. The van der Waals surface area contributed by atoms with Gasteiger partial charge in [0.2, 0.25) is 11.6 Å². The summed E-state index contributed by atoms with van der Waals surface area (Å²) in [5.74, 6) is 0.881. The second kappa shape index (κ2) is 7.41. The molecule has 0 radical (unpaired) electrons. The summed E-state index contributed by atoms with van der Waals surface area (Å²) in [6.45, 7) is 3.60. The normalized spacial score (nSPS) is 17.4. The zero-order chi connectivity index (χ0) is 18.0. The predicted octanol–water partition coefficient (Wildman–Crippen LogP) is 4.67. The summed E-state index contributed by atoms with van der Waals surface area (Å²) >= 11 is 12.2. The Labute approximate surface area is 155 Å². The summed E-state index contributed by atoms with van der Waals surface area (Å²) in [5, 5.41) is 15.3. The Kier molecular flexibility index (Phi) is 5.24. The number of halogens is 2. The van der Waals surface area contributed by atoms with Gasteiger partial charge in [0.05, 0.1) is 20.7 Å². The SMILES string of the molecule is CC1CCCN(c2ncnc(Nc3cccc(Cl)c3Cl)c2[N+](=O)[O-])C1. The molecule has 132 valence electrons. The van der Waals surface area contributed by atoms with E-state index in [1.54, 1.807) is 18.2 Å². The minimum atomic E-state index is -0.463. The molecule has 7 nitrogen and oxygen atoms in total. The number of nitro groups is 1. The fourth-order valence-corrected chi connectivity index (χ4v) is 3.32. The highest BCUT2D eigenvalue weighted by Gasteiger charge is 2.29. The topological polar surface area (TPSA) is 84.2 Å². The van der Waals surface area contributed by atoms with Gasteiger partial charge in [0, 0.05) is 13.1 Å². The van der Waals surface area contributed by atoms with Gasteiger partial charge in [0.25, 0.3) is 0 Å². The number of aromatic nitrogens is 2. The number of piperidine rings is 1. The summed E-state index contributed by atoms with van der Waals surface area (Å²) in [7, 11) is 0. The highest BCUT2D eigenvalue weighted by atomic mass is 35.5. The van der Waals surface area contributed by atoms with Crippen LogP contribution >= 0.6 is 23.2 Å². The predicted molar refractivity (Wildman–Crippen MR) is 99.0 cm³/mol. The molecule has 0 aliphatic carbocycles. The first-order valence-electron chi connectivity index (χ1n) is 7.92. The summed E-state index contributed by atoms with van der Waals surface area (Å²) in [6, 6.07) is 5.03. The third kappa shape index (κ3) is 3.77. The molecule has 1 aromatic heterocycles. The van der Waals surface area contributed by atoms with Crippen LogP contribution in [0.4, 0.5) is 23.0 Å². The van der Waals surface area contributed by atoms with Gasteiger partial charge in [-0.2, -0.15) is 0 Å². The molecular formula is C16H17Cl2N5O2. The van der Waals surface area contributed by atoms with Crippen molar-refractivity contribution in [3.05, 3.63) is 44.7 Å².